The van der Waals surface area contributed by atoms with Crippen molar-refractivity contribution in [1.29, 1.82) is 0 Å². The lowest BCUT2D eigenvalue weighted by molar-refractivity contribution is -0.129. The Morgan fingerprint density at radius 1 is 1.32 bits per heavy atom. The van der Waals surface area contributed by atoms with Gasteiger partial charge in [-0.1, -0.05) is 23.9 Å². The highest BCUT2D eigenvalue weighted by Gasteiger charge is 2.32. The normalized spacial score (nSPS) is 18.2. The highest BCUT2D eigenvalue weighted by Crippen LogP contribution is 2.38. The summed E-state index contributed by atoms with van der Waals surface area (Å²) in [6, 6.07) is 5.83. The van der Waals surface area contributed by atoms with Crippen LogP contribution in [0.15, 0.2) is 29.4 Å². The molecule has 7 heteroatoms. The molecule has 0 bridgehead atoms. The Labute approximate surface area is 113 Å². The van der Waals surface area contributed by atoms with E-state index in [0.29, 0.717) is 5.17 Å². The van der Waals surface area contributed by atoms with Crippen molar-refractivity contribution in [2.24, 2.45) is 5.10 Å². The summed E-state index contributed by atoms with van der Waals surface area (Å²) in [5.41, 5.74) is 0.741. The van der Waals surface area contributed by atoms with E-state index in [0.717, 1.165) is 5.56 Å². The summed E-state index contributed by atoms with van der Waals surface area (Å²) >= 11 is 1.24. The van der Waals surface area contributed by atoms with Crippen molar-refractivity contribution in [3.05, 3.63) is 35.6 Å². The predicted octanol–water partition coefficient (Wildman–Crippen LogP) is 1.83. The zero-order chi connectivity index (χ0) is 14.0. The highest BCUT2D eigenvalue weighted by molar-refractivity contribution is 8.14. The second kappa shape index (κ2) is 5.40. The fourth-order valence-corrected chi connectivity index (χ4v) is 2.74. The molecule has 1 aromatic rings. The summed E-state index contributed by atoms with van der Waals surface area (Å²) in [5, 5.41) is 7.83. The van der Waals surface area contributed by atoms with Crippen LogP contribution in [0, 0.1) is 5.82 Å². The molecule has 1 atom stereocenters. The van der Waals surface area contributed by atoms with Gasteiger partial charge < -0.3 is 5.32 Å². The minimum atomic E-state index is -0.389. The molecular weight excluding hydrogens is 269 g/mol. The molecule has 19 heavy (non-hydrogen) atoms. The topological polar surface area (TPSA) is 61.8 Å². The van der Waals surface area contributed by atoms with Gasteiger partial charge in [0.05, 0.1) is 0 Å². The Bertz CT molecular complexity index is 544. The van der Waals surface area contributed by atoms with Gasteiger partial charge in [0.15, 0.2) is 5.17 Å². The van der Waals surface area contributed by atoms with Crippen LogP contribution in [0.2, 0.25) is 0 Å². The number of nitrogens with zero attached hydrogens (tertiary/aromatic N) is 2. The fraction of sp³-hybridized carbons (Fsp3) is 0.250. The molecular formula is C12H12FN3O2S. The third-order valence-corrected chi connectivity index (χ3v) is 3.51. The standard InChI is InChI=1S/C12H12FN3O2S/c1-7(17)14-12-15-16(8(2)18)11(19-12)9-3-5-10(13)6-4-9/h3-6,11H,1-2H3,(H,14,15,17)/t11-/m0/s1. The molecule has 1 heterocycles. The number of carbonyl (C=O) groups excluding carboxylic acids is 2. The van der Waals surface area contributed by atoms with Crippen LogP contribution in [-0.2, 0) is 9.59 Å². The predicted molar refractivity (Wildman–Crippen MR) is 70.5 cm³/mol. The van der Waals surface area contributed by atoms with Crippen LogP contribution >= 0.6 is 11.8 Å². The first-order valence-electron chi connectivity index (χ1n) is 5.55. The molecule has 5 nitrogen and oxygen atoms in total. The van der Waals surface area contributed by atoms with Crippen molar-refractivity contribution in [1.82, 2.24) is 10.3 Å². The minimum absolute atomic E-state index is 0.248. The summed E-state index contributed by atoms with van der Waals surface area (Å²) in [6.07, 6.45) is 0. The maximum Gasteiger partial charge on any atom is 0.241 e. The first-order chi connectivity index (χ1) is 8.97. The van der Waals surface area contributed by atoms with E-state index in [2.05, 4.69) is 10.4 Å². The van der Waals surface area contributed by atoms with Gasteiger partial charge in [-0.3, -0.25) is 9.59 Å². The van der Waals surface area contributed by atoms with Gasteiger partial charge in [-0.2, -0.15) is 0 Å². The summed E-state index contributed by atoms with van der Waals surface area (Å²) in [5.74, 6) is -0.846. The van der Waals surface area contributed by atoms with E-state index >= 15 is 0 Å². The van der Waals surface area contributed by atoms with E-state index in [1.807, 2.05) is 0 Å². The van der Waals surface area contributed by atoms with E-state index in [1.54, 1.807) is 12.1 Å². The summed E-state index contributed by atoms with van der Waals surface area (Å²) in [4.78, 5) is 22.6. The average molecular weight is 281 g/mol. The van der Waals surface area contributed by atoms with Crippen molar-refractivity contribution < 1.29 is 14.0 Å². The molecule has 2 rings (SSSR count). The van der Waals surface area contributed by atoms with Crippen molar-refractivity contribution >= 4 is 28.7 Å². The smallest absolute Gasteiger partial charge is 0.241 e. The number of amides is 2. The van der Waals surface area contributed by atoms with E-state index in [1.165, 1.54) is 42.8 Å². The Morgan fingerprint density at radius 3 is 2.47 bits per heavy atom. The second-order valence-corrected chi connectivity index (χ2v) is 5.04. The van der Waals surface area contributed by atoms with Crippen LogP contribution < -0.4 is 5.32 Å². The molecule has 0 fully saturated rings. The third kappa shape index (κ3) is 3.11. The SMILES string of the molecule is CC(=O)NC1=NN(C(C)=O)[C@H](c2ccc(F)cc2)S1. The molecule has 0 aromatic heterocycles. The second-order valence-electron chi connectivity index (χ2n) is 3.97. The molecule has 1 N–H and O–H groups in total. The molecule has 0 saturated heterocycles. The average Bonchev–Trinajstić information content (AvgIpc) is 2.73. The molecule has 0 radical (unpaired) electrons. The number of thioether (sulfide) groups is 1. The molecule has 100 valence electrons. The van der Waals surface area contributed by atoms with Gasteiger partial charge in [0.2, 0.25) is 11.8 Å². The maximum atomic E-state index is 12.9. The zero-order valence-electron chi connectivity index (χ0n) is 10.4. The number of carbonyl (C=O) groups is 2. The Balaban J connectivity index is 2.24. The molecule has 1 aromatic carbocycles. The van der Waals surface area contributed by atoms with Crippen molar-refractivity contribution in [3.63, 3.8) is 0 Å². The van der Waals surface area contributed by atoms with E-state index in [9.17, 15) is 14.0 Å². The van der Waals surface area contributed by atoms with E-state index in [-0.39, 0.29) is 23.0 Å². The largest absolute Gasteiger partial charge is 0.304 e. The number of nitrogens with one attached hydrogen (secondary N) is 1. The number of rotatable bonds is 1. The summed E-state index contributed by atoms with van der Waals surface area (Å²) in [7, 11) is 0. The van der Waals surface area contributed by atoms with Crippen molar-refractivity contribution in [2.75, 3.05) is 0 Å². The first kappa shape index (κ1) is 13.5. The number of halogens is 1. The lowest BCUT2D eigenvalue weighted by atomic mass is 10.2. The first-order valence-corrected chi connectivity index (χ1v) is 6.43. The molecule has 1 aliphatic heterocycles. The van der Waals surface area contributed by atoms with Gasteiger partial charge in [0.1, 0.15) is 11.2 Å². The lowest BCUT2D eigenvalue weighted by Gasteiger charge is -2.18. The molecule has 0 unspecified atom stereocenters. The Morgan fingerprint density at radius 2 is 1.95 bits per heavy atom. The molecule has 1 aliphatic rings. The molecule has 0 spiro atoms. The maximum absolute atomic E-state index is 12.9. The summed E-state index contributed by atoms with van der Waals surface area (Å²) < 4.78 is 12.9. The Hall–Kier alpha value is -1.89. The number of amidine groups is 1. The van der Waals surface area contributed by atoms with Crippen LogP contribution in [0.25, 0.3) is 0 Å². The van der Waals surface area contributed by atoms with Gasteiger partial charge in [0.25, 0.3) is 0 Å². The summed E-state index contributed by atoms with van der Waals surface area (Å²) in [6.45, 7) is 2.75. The van der Waals surface area contributed by atoms with Crippen LogP contribution in [-0.4, -0.2) is 22.0 Å². The zero-order valence-corrected chi connectivity index (χ0v) is 11.2. The molecule has 0 saturated carbocycles. The van der Waals surface area contributed by atoms with Gasteiger partial charge in [0, 0.05) is 13.8 Å². The van der Waals surface area contributed by atoms with Gasteiger partial charge >= 0.3 is 0 Å². The quantitative estimate of drug-likeness (QED) is 0.854. The monoisotopic (exact) mass is 281 g/mol. The number of hydrogen-bond donors (Lipinski definition) is 1. The van der Waals surface area contributed by atoms with Crippen LogP contribution in [0.1, 0.15) is 24.8 Å². The minimum Gasteiger partial charge on any atom is -0.304 e. The van der Waals surface area contributed by atoms with Gasteiger partial charge in [-0.05, 0) is 17.7 Å². The van der Waals surface area contributed by atoms with E-state index in [4.69, 9.17) is 0 Å². The third-order valence-electron chi connectivity index (χ3n) is 2.40. The highest BCUT2D eigenvalue weighted by atomic mass is 32.2. The molecule has 0 aliphatic carbocycles. The van der Waals surface area contributed by atoms with Crippen LogP contribution in [0.4, 0.5) is 4.39 Å². The van der Waals surface area contributed by atoms with E-state index < -0.39 is 0 Å². The van der Waals surface area contributed by atoms with Gasteiger partial charge in [-0.15, -0.1) is 5.10 Å². The number of benzene rings is 1. The lowest BCUT2D eigenvalue weighted by Crippen LogP contribution is -2.25. The Kier molecular flexibility index (Phi) is 3.84. The van der Waals surface area contributed by atoms with Crippen LogP contribution in [0.5, 0.6) is 0 Å². The van der Waals surface area contributed by atoms with Crippen molar-refractivity contribution in [3.8, 4) is 0 Å². The number of hydrogen-bond acceptors (Lipinski definition) is 4. The van der Waals surface area contributed by atoms with Crippen molar-refractivity contribution in [2.45, 2.75) is 19.2 Å². The molecule has 2 amide bonds. The number of hydrazone groups is 1. The fourth-order valence-electron chi connectivity index (χ4n) is 1.61. The van der Waals surface area contributed by atoms with Crippen LogP contribution in [0.3, 0.4) is 0 Å². The van der Waals surface area contributed by atoms with Gasteiger partial charge in [-0.25, -0.2) is 9.40 Å².